The third-order valence-corrected chi connectivity index (χ3v) is 26.8. The van der Waals surface area contributed by atoms with E-state index in [9.17, 15) is 15.3 Å². The fourth-order valence-electron chi connectivity index (χ4n) is 19.0. The minimum atomic E-state index is 0.0588. The van der Waals surface area contributed by atoms with Gasteiger partial charge in [-0.1, -0.05) is 392 Å². The summed E-state index contributed by atoms with van der Waals surface area (Å²) in [4.78, 5) is 42.5. The fourth-order valence-corrected chi connectivity index (χ4v) is 19.0. The summed E-state index contributed by atoms with van der Waals surface area (Å²) >= 11 is 0. The monoisotopic (exact) mass is 1900 g/mol. The highest BCUT2D eigenvalue weighted by molar-refractivity contribution is 6.25. The van der Waals surface area contributed by atoms with Crippen LogP contribution in [0.5, 0.6) is 52.5 Å². The number of nitrogens with zero attached hydrogens (tertiary/aromatic N) is 9. The molecule has 0 aliphatic rings. The van der Waals surface area contributed by atoms with E-state index >= 15 is 0 Å². The number of phenols is 3. The Morgan fingerprint density at radius 3 is 0.922 bits per heavy atom. The van der Waals surface area contributed by atoms with E-state index in [0.717, 1.165) is 94.0 Å². The van der Waals surface area contributed by atoms with Crippen LogP contribution in [0.1, 0.15) is 298 Å². The number of ether oxygens (including phenoxy) is 6. The van der Waals surface area contributed by atoms with Crippen molar-refractivity contribution in [3.8, 4) is 121 Å². The normalized spacial score (nSPS) is 11.4. The van der Waals surface area contributed by atoms with Crippen LogP contribution in [-0.4, -0.2) is 99.8 Å². The van der Waals surface area contributed by atoms with Crippen LogP contribution in [0, 0.1) is 0 Å². The predicted molar refractivity (Wildman–Crippen MR) is 583 cm³/mol. The van der Waals surface area contributed by atoms with Gasteiger partial charge in [-0.05, 0) is 182 Å². The van der Waals surface area contributed by atoms with E-state index in [0.29, 0.717) is 109 Å². The predicted octanol–water partition coefficient (Wildman–Crippen LogP) is 34.2. The molecule has 18 heteroatoms. The van der Waals surface area contributed by atoms with Gasteiger partial charge in [0.2, 0.25) is 0 Å². The molecule has 16 aromatic rings. The molecule has 0 unspecified atom stereocenters. The number of benzene rings is 13. The second kappa shape index (κ2) is 56.6. The van der Waals surface area contributed by atoms with Gasteiger partial charge in [0.05, 0.1) is 56.3 Å². The van der Waals surface area contributed by atoms with Gasteiger partial charge < -0.3 is 43.7 Å². The van der Waals surface area contributed by atoms with E-state index in [2.05, 4.69) is 182 Å². The zero-order chi connectivity index (χ0) is 97.8. The first-order valence-corrected chi connectivity index (χ1v) is 53.5. The van der Waals surface area contributed by atoms with E-state index in [-0.39, 0.29) is 35.3 Å². The molecule has 740 valence electrons. The van der Waals surface area contributed by atoms with Crippen LogP contribution < -0.4 is 28.4 Å². The van der Waals surface area contributed by atoms with Gasteiger partial charge in [0.1, 0.15) is 34.5 Å². The molecule has 0 aliphatic heterocycles. The molecule has 141 heavy (non-hydrogen) atoms. The topological polar surface area (TPSA) is 232 Å². The molecule has 18 nitrogen and oxygen atoms in total. The molecular weight excluding hydrogens is 1750 g/mol. The number of fused-ring (bicyclic) bond motifs is 5. The lowest BCUT2D eigenvalue weighted by Gasteiger charge is -2.14. The van der Waals surface area contributed by atoms with Gasteiger partial charge in [-0.15, -0.1) is 0 Å². The minimum absolute atomic E-state index is 0.0588. The van der Waals surface area contributed by atoms with Crippen molar-refractivity contribution in [2.45, 2.75) is 298 Å². The van der Waals surface area contributed by atoms with Crippen molar-refractivity contribution in [3.05, 3.63) is 218 Å². The molecule has 0 radical (unpaired) electrons. The van der Waals surface area contributed by atoms with Crippen molar-refractivity contribution in [2.75, 3.05) is 39.6 Å². The van der Waals surface area contributed by atoms with E-state index in [1.807, 2.05) is 68.4 Å². The second-order valence-corrected chi connectivity index (χ2v) is 37.7. The molecule has 3 aromatic heterocycles. The van der Waals surface area contributed by atoms with E-state index in [1.54, 1.807) is 24.3 Å². The van der Waals surface area contributed by atoms with Gasteiger partial charge in [0.15, 0.2) is 34.9 Å². The van der Waals surface area contributed by atoms with Crippen LogP contribution >= 0.6 is 0 Å². The van der Waals surface area contributed by atoms with Crippen LogP contribution in [0.15, 0.2) is 218 Å². The van der Waals surface area contributed by atoms with Gasteiger partial charge in [0.25, 0.3) is 0 Å². The molecule has 0 saturated carbocycles. The van der Waals surface area contributed by atoms with Crippen LogP contribution in [0.3, 0.4) is 0 Å². The molecule has 0 spiro atoms. The third kappa shape index (κ3) is 30.6. The lowest BCUT2D eigenvalue weighted by atomic mass is 9.92. The van der Waals surface area contributed by atoms with E-state index < -0.39 is 0 Å². The lowest BCUT2D eigenvalue weighted by molar-refractivity contribution is 0.281. The Labute approximate surface area is 836 Å². The van der Waals surface area contributed by atoms with Crippen molar-refractivity contribution in [3.63, 3.8) is 0 Å². The van der Waals surface area contributed by atoms with Crippen molar-refractivity contribution in [1.82, 2.24) is 44.9 Å². The fraction of sp³-hybridized carbons (Fsp3) is 0.423. The lowest BCUT2D eigenvalue weighted by Crippen LogP contribution is -2.05. The number of phenolic OH excluding ortho intramolecular Hbond substituents is 3. The molecule has 0 aliphatic carbocycles. The SMILES string of the molecule is CCCCCCCCCCCCOc1ccc(-c2nc(OCC)nc(-c3cc4ccccc4c4ccccc34)n2)c(O)c1.CCCCCCCCCCCCOc1ccc(-c2nc(OCC)nc(-c3ccc4ccc5cccc6ccc3c4c56)n2)c(O)c1.CCCCCCCCCCCCOc1ccc(-c2nc(OCCCCCCCCCCCC)nc(-c3ccc4cc5ccccc5cc4c3)n2)c(O)c1. The van der Waals surface area contributed by atoms with Crippen molar-refractivity contribution < 1.29 is 43.7 Å². The highest BCUT2D eigenvalue weighted by Gasteiger charge is 2.23. The van der Waals surface area contributed by atoms with Crippen LogP contribution in [0.4, 0.5) is 0 Å². The Bertz CT molecular complexity index is 6530. The number of hydrogen-bond donors (Lipinski definition) is 3. The average molecular weight is 1900 g/mol. The number of rotatable bonds is 58. The van der Waals surface area contributed by atoms with Gasteiger partial charge in [-0.3, -0.25) is 0 Å². The first-order valence-electron chi connectivity index (χ1n) is 53.5. The number of unbranched alkanes of at least 4 members (excludes halogenated alkanes) is 36. The second-order valence-electron chi connectivity index (χ2n) is 37.7. The smallest absolute Gasteiger partial charge is 0.320 e. The van der Waals surface area contributed by atoms with Crippen LogP contribution in [0.2, 0.25) is 0 Å². The first-order chi connectivity index (χ1) is 69.5. The molecule has 13 aromatic carbocycles. The van der Waals surface area contributed by atoms with Gasteiger partial charge >= 0.3 is 18.0 Å². The zero-order valence-corrected chi connectivity index (χ0v) is 84.6. The van der Waals surface area contributed by atoms with Crippen molar-refractivity contribution in [2.24, 2.45) is 0 Å². The highest BCUT2D eigenvalue weighted by atomic mass is 16.5. The summed E-state index contributed by atoms with van der Waals surface area (Å²) in [5.74, 6) is 4.72. The van der Waals surface area contributed by atoms with Crippen molar-refractivity contribution >= 4 is 75.4 Å². The van der Waals surface area contributed by atoms with E-state index in [1.165, 1.54) is 255 Å². The van der Waals surface area contributed by atoms with Gasteiger partial charge in [-0.2, -0.15) is 29.9 Å². The summed E-state index contributed by atoms with van der Waals surface area (Å²) in [5, 5.41) is 49.4. The Hall–Kier alpha value is -12.8. The van der Waals surface area contributed by atoms with Crippen LogP contribution in [0.25, 0.3) is 144 Å². The molecule has 0 atom stereocenters. The Morgan fingerprint density at radius 2 is 0.496 bits per heavy atom. The summed E-state index contributed by atoms with van der Waals surface area (Å²) in [6.45, 7) is 16.1. The summed E-state index contributed by atoms with van der Waals surface area (Å²) < 4.78 is 35.6. The summed E-state index contributed by atoms with van der Waals surface area (Å²) in [5.41, 5.74) is 4.17. The maximum atomic E-state index is 11.2. The third-order valence-electron chi connectivity index (χ3n) is 26.8. The molecule has 0 amide bonds. The van der Waals surface area contributed by atoms with Gasteiger partial charge in [-0.25, -0.2) is 15.0 Å². The maximum Gasteiger partial charge on any atom is 0.320 e. The minimum Gasteiger partial charge on any atom is -0.507 e. The standard InChI is InChI=1S/C47H63N3O3.C39H43N3O3.C37H43N3O3/c1-3-5-7-9-11-13-15-17-19-23-31-52-42-29-30-43(44(51)36-42)46-48-45(40-28-27-39-33-37-25-21-22-26-38(37)34-41(39)35-40)49-47(50-46)53-32-24-20-18-16-14-12-10-8-6-4-2;1-3-5-6-7-8-9-10-11-12-13-25-45-30-21-24-33(34(43)26-30)38-40-37(41-39(42-38)44-4-2)32-23-20-29-18-17-27-15-14-16-28-19-22-31(32)36(29)35(27)28;1-3-5-6-7-8-9-10-11-12-17-24-43-28-22-23-32(34(41)26-28)35-38-36(40-37(39-35)42-4-2)33-25-27-18-13-14-19-29(27)30-20-15-16-21-31(30)33/h21-22,25-30,33-36,51H,3-20,23-24,31-32H2,1-2H3;14-24,26,43H,3-13,25H2,1-2H3;13-16,18-23,25-26,41H,3-12,17,24H2,1-2H3. The summed E-state index contributed by atoms with van der Waals surface area (Å²) in [7, 11) is 0. The Balaban J connectivity index is 0.000000169. The zero-order valence-electron chi connectivity index (χ0n) is 84.6. The largest absolute Gasteiger partial charge is 0.507 e. The Morgan fingerprint density at radius 1 is 0.191 bits per heavy atom. The van der Waals surface area contributed by atoms with Crippen molar-refractivity contribution in [1.29, 1.82) is 0 Å². The molecule has 0 fully saturated rings. The summed E-state index contributed by atoms with van der Waals surface area (Å²) in [6, 6.07) is 73.7. The summed E-state index contributed by atoms with van der Waals surface area (Å²) in [6.07, 6.45) is 51.1. The van der Waals surface area contributed by atoms with E-state index in [4.69, 9.17) is 58.3 Å². The first kappa shape index (κ1) is 104. The van der Waals surface area contributed by atoms with Crippen LogP contribution in [-0.2, 0) is 0 Å². The Kier molecular flexibility index (Phi) is 41.7. The molecule has 3 N–H and O–H groups in total. The molecule has 3 heterocycles. The molecule has 0 bridgehead atoms. The maximum absolute atomic E-state index is 11.2. The average Bonchev–Trinajstić information content (AvgIpc) is 0.730. The number of aromatic hydroxyl groups is 3. The number of hydrogen-bond acceptors (Lipinski definition) is 18. The quantitative estimate of drug-likeness (QED) is 0.0183. The molecule has 0 saturated heterocycles. The molecular formula is C123H149N9O9. The number of aromatic nitrogens is 9. The highest BCUT2D eigenvalue weighted by Crippen LogP contribution is 2.43. The van der Waals surface area contributed by atoms with Gasteiger partial charge in [0, 0.05) is 34.9 Å². The molecule has 16 rings (SSSR count).